The molecule has 0 saturated heterocycles. The van der Waals surface area contributed by atoms with Crippen LogP contribution < -0.4 is 4.72 Å². The van der Waals surface area contributed by atoms with Crippen molar-refractivity contribution in [2.45, 2.75) is 6.92 Å². The molecule has 0 spiro atoms. The van der Waals surface area contributed by atoms with Crippen LogP contribution in [0.1, 0.15) is 5.56 Å². The summed E-state index contributed by atoms with van der Waals surface area (Å²) in [6.45, 7) is 5.39. The molecule has 0 amide bonds. The highest BCUT2D eigenvalue weighted by molar-refractivity contribution is 7.92. The molecular formula is C16H17NO2S. The number of anilines is 1. The number of benzene rings is 2. The largest absolute Gasteiger partial charge is 0.283 e. The number of sulfonamides is 1. The smallest absolute Gasteiger partial charge is 0.236 e. The fourth-order valence-corrected chi connectivity index (χ4v) is 2.89. The summed E-state index contributed by atoms with van der Waals surface area (Å²) in [4.78, 5) is 0. The molecule has 2 rings (SSSR count). The first kappa shape index (κ1) is 14.3. The summed E-state index contributed by atoms with van der Waals surface area (Å²) in [6, 6.07) is 15.5. The summed E-state index contributed by atoms with van der Waals surface area (Å²) in [7, 11) is -3.37. The highest BCUT2D eigenvalue weighted by Crippen LogP contribution is 2.25. The molecule has 4 heteroatoms. The number of aryl methyl sites for hydroxylation is 1. The minimum atomic E-state index is -3.37. The summed E-state index contributed by atoms with van der Waals surface area (Å²) in [5, 5.41) is 0. The molecule has 0 aliphatic carbocycles. The minimum Gasteiger partial charge on any atom is -0.283 e. The molecule has 0 saturated carbocycles. The summed E-state index contributed by atoms with van der Waals surface area (Å²) in [5.41, 5.74) is 3.62. The first-order chi connectivity index (χ1) is 9.50. The van der Waals surface area contributed by atoms with Crippen LogP contribution in [0.4, 0.5) is 5.69 Å². The maximum absolute atomic E-state index is 11.8. The Kier molecular flexibility index (Phi) is 4.25. The zero-order valence-electron chi connectivity index (χ0n) is 11.3. The van der Waals surface area contributed by atoms with Gasteiger partial charge >= 0.3 is 0 Å². The second kappa shape index (κ2) is 5.92. The average molecular weight is 287 g/mol. The second-order valence-corrected chi connectivity index (χ2v) is 6.39. The Morgan fingerprint density at radius 1 is 1.10 bits per heavy atom. The predicted octanol–water partition coefficient (Wildman–Crippen LogP) is 3.59. The van der Waals surface area contributed by atoms with Gasteiger partial charge in [-0.15, -0.1) is 6.58 Å². The van der Waals surface area contributed by atoms with E-state index in [1.54, 1.807) is 0 Å². The number of nitrogens with one attached hydrogen (secondary N) is 1. The molecule has 2 aromatic carbocycles. The van der Waals surface area contributed by atoms with Crippen molar-refractivity contribution >= 4 is 15.7 Å². The fraction of sp³-hybridized carbons (Fsp3) is 0.125. The molecule has 0 bridgehead atoms. The lowest BCUT2D eigenvalue weighted by atomic mass is 10.0. The van der Waals surface area contributed by atoms with Gasteiger partial charge in [-0.05, 0) is 35.7 Å². The monoisotopic (exact) mass is 287 g/mol. The molecule has 0 radical (unpaired) electrons. The van der Waals surface area contributed by atoms with Crippen molar-refractivity contribution in [2.24, 2.45) is 0 Å². The maximum Gasteiger partial charge on any atom is 0.236 e. The topological polar surface area (TPSA) is 46.2 Å². The standard InChI is InChI=1S/C16H17NO2S/c1-3-9-20(18,19)17-16-11-13(2)10-15(12-16)14-7-5-4-6-8-14/h3-8,10-12,17H,1,9H2,2H3. The van der Waals surface area contributed by atoms with Crippen molar-refractivity contribution in [3.63, 3.8) is 0 Å². The van der Waals surface area contributed by atoms with Crippen LogP contribution in [-0.2, 0) is 10.0 Å². The van der Waals surface area contributed by atoms with Crippen LogP contribution in [0.15, 0.2) is 61.2 Å². The summed E-state index contributed by atoms with van der Waals surface area (Å²) in [6.07, 6.45) is 1.37. The van der Waals surface area contributed by atoms with Crippen molar-refractivity contribution in [1.82, 2.24) is 0 Å². The van der Waals surface area contributed by atoms with Crippen molar-refractivity contribution in [3.05, 3.63) is 66.7 Å². The van der Waals surface area contributed by atoms with Gasteiger partial charge in [0.1, 0.15) is 0 Å². The van der Waals surface area contributed by atoms with E-state index in [2.05, 4.69) is 11.3 Å². The molecule has 0 heterocycles. The van der Waals surface area contributed by atoms with Crippen molar-refractivity contribution in [2.75, 3.05) is 10.5 Å². The van der Waals surface area contributed by atoms with Crippen LogP contribution in [0.3, 0.4) is 0 Å². The van der Waals surface area contributed by atoms with Crippen LogP contribution in [0, 0.1) is 6.92 Å². The molecular weight excluding hydrogens is 270 g/mol. The molecule has 0 fully saturated rings. The second-order valence-electron chi connectivity index (χ2n) is 4.63. The summed E-state index contributed by atoms with van der Waals surface area (Å²) in [5.74, 6) is -0.0956. The van der Waals surface area contributed by atoms with Gasteiger partial charge in [0.05, 0.1) is 5.75 Å². The van der Waals surface area contributed by atoms with E-state index in [-0.39, 0.29) is 5.75 Å². The van der Waals surface area contributed by atoms with Gasteiger partial charge in [-0.25, -0.2) is 8.42 Å². The normalized spacial score (nSPS) is 11.1. The molecule has 104 valence electrons. The van der Waals surface area contributed by atoms with E-state index >= 15 is 0 Å². The Morgan fingerprint density at radius 2 is 1.80 bits per heavy atom. The average Bonchev–Trinajstić information content (AvgIpc) is 2.38. The SMILES string of the molecule is C=CCS(=O)(=O)Nc1cc(C)cc(-c2ccccc2)c1. The predicted molar refractivity (Wildman–Crippen MR) is 84.2 cm³/mol. The van der Waals surface area contributed by atoms with Gasteiger partial charge in [0.2, 0.25) is 10.0 Å². The van der Waals surface area contributed by atoms with Crippen molar-refractivity contribution in [3.8, 4) is 11.1 Å². The Morgan fingerprint density at radius 3 is 2.45 bits per heavy atom. The van der Waals surface area contributed by atoms with Gasteiger partial charge in [-0.1, -0.05) is 42.5 Å². The van der Waals surface area contributed by atoms with Gasteiger partial charge < -0.3 is 0 Å². The van der Waals surface area contributed by atoms with Crippen LogP contribution in [-0.4, -0.2) is 14.2 Å². The van der Waals surface area contributed by atoms with E-state index in [4.69, 9.17) is 0 Å². The summed E-state index contributed by atoms with van der Waals surface area (Å²) < 4.78 is 26.1. The number of rotatable bonds is 5. The van der Waals surface area contributed by atoms with Gasteiger partial charge in [0.25, 0.3) is 0 Å². The van der Waals surface area contributed by atoms with E-state index in [0.29, 0.717) is 5.69 Å². The molecule has 0 aliphatic heterocycles. The molecule has 20 heavy (non-hydrogen) atoms. The highest BCUT2D eigenvalue weighted by atomic mass is 32.2. The van der Waals surface area contributed by atoms with Crippen LogP contribution >= 0.6 is 0 Å². The lowest BCUT2D eigenvalue weighted by Gasteiger charge is -2.10. The molecule has 0 unspecified atom stereocenters. The van der Waals surface area contributed by atoms with Gasteiger partial charge in [0.15, 0.2) is 0 Å². The first-order valence-electron chi connectivity index (χ1n) is 6.29. The molecule has 3 nitrogen and oxygen atoms in total. The van der Waals surface area contributed by atoms with E-state index in [9.17, 15) is 8.42 Å². The Bertz CT molecular complexity index is 707. The quantitative estimate of drug-likeness (QED) is 0.854. The lowest BCUT2D eigenvalue weighted by Crippen LogP contribution is -2.15. The van der Waals surface area contributed by atoms with Gasteiger partial charge in [-0.3, -0.25) is 4.72 Å². The van der Waals surface area contributed by atoms with Gasteiger partial charge in [-0.2, -0.15) is 0 Å². The van der Waals surface area contributed by atoms with Crippen LogP contribution in [0.2, 0.25) is 0 Å². The van der Waals surface area contributed by atoms with Crippen LogP contribution in [0.25, 0.3) is 11.1 Å². The Hall–Kier alpha value is -2.07. The van der Waals surface area contributed by atoms with E-state index < -0.39 is 10.0 Å². The minimum absolute atomic E-state index is 0.0956. The number of hydrogen-bond acceptors (Lipinski definition) is 2. The summed E-state index contributed by atoms with van der Waals surface area (Å²) >= 11 is 0. The highest BCUT2D eigenvalue weighted by Gasteiger charge is 2.09. The Balaban J connectivity index is 2.37. The maximum atomic E-state index is 11.8. The molecule has 1 N–H and O–H groups in total. The van der Waals surface area contributed by atoms with E-state index in [1.165, 1.54) is 6.08 Å². The van der Waals surface area contributed by atoms with Crippen molar-refractivity contribution in [1.29, 1.82) is 0 Å². The molecule has 0 atom stereocenters. The zero-order chi connectivity index (χ0) is 14.6. The van der Waals surface area contributed by atoms with Crippen molar-refractivity contribution < 1.29 is 8.42 Å². The first-order valence-corrected chi connectivity index (χ1v) is 7.94. The lowest BCUT2D eigenvalue weighted by molar-refractivity contribution is 0.604. The van der Waals surface area contributed by atoms with E-state index in [0.717, 1.165) is 16.7 Å². The molecule has 0 aromatic heterocycles. The third-order valence-electron chi connectivity index (χ3n) is 2.80. The molecule has 2 aromatic rings. The Labute approximate surface area is 120 Å². The number of hydrogen-bond donors (Lipinski definition) is 1. The third kappa shape index (κ3) is 3.71. The van der Waals surface area contributed by atoms with Crippen LogP contribution in [0.5, 0.6) is 0 Å². The van der Waals surface area contributed by atoms with E-state index in [1.807, 2.05) is 55.5 Å². The zero-order valence-corrected chi connectivity index (χ0v) is 12.2. The third-order valence-corrected chi connectivity index (χ3v) is 4.02. The fourth-order valence-electron chi connectivity index (χ4n) is 2.02. The molecule has 0 aliphatic rings. The van der Waals surface area contributed by atoms with Gasteiger partial charge in [0, 0.05) is 5.69 Å².